The van der Waals surface area contributed by atoms with Crippen LogP contribution in [0.1, 0.15) is 0 Å². The molecule has 0 fully saturated rings. The second-order valence-electron chi connectivity index (χ2n) is 17.7. The summed E-state index contributed by atoms with van der Waals surface area (Å²) in [7, 11) is 0. The van der Waals surface area contributed by atoms with Gasteiger partial charge in [0.15, 0.2) is 0 Å². The Labute approximate surface area is 395 Å². The molecule has 68 heavy (non-hydrogen) atoms. The van der Waals surface area contributed by atoms with Gasteiger partial charge in [0.2, 0.25) is 0 Å². The Balaban J connectivity index is 0.806. The molecule has 2 nitrogen and oxygen atoms in total. The van der Waals surface area contributed by atoms with E-state index in [9.17, 15) is 0 Å². The lowest BCUT2D eigenvalue weighted by Crippen LogP contribution is -1.94. The highest BCUT2D eigenvalue weighted by Gasteiger charge is 2.17. The van der Waals surface area contributed by atoms with Crippen LogP contribution in [0.5, 0.6) is 0 Å². The number of fused-ring (bicyclic) bond motifs is 6. The van der Waals surface area contributed by atoms with Gasteiger partial charge in [-0.15, -0.1) is 0 Å². The third-order valence-corrected chi connectivity index (χ3v) is 13.7. The minimum Gasteiger partial charge on any atom is -0.309 e. The number of hydrogen-bond donors (Lipinski definition) is 0. The minimum atomic E-state index is 1.14. The Morgan fingerprint density at radius 2 is 0.471 bits per heavy atom. The molecule has 0 saturated heterocycles. The number of benzene rings is 11. The van der Waals surface area contributed by atoms with Gasteiger partial charge in [-0.05, 0) is 140 Å². The van der Waals surface area contributed by atoms with E-state index < -0.39 is 0 Å². The predicted molar refractivity (Wildman–Crippen MR) is 288 cm³/mol. The van der Waals surface area contributed by atoms with E-state index in [0.717, 1.165) is 11.4 Å². The Morgan fingerprint density at radius 3 is 0.971 bits per heavy atom. The normalized spacial score (nSPS) is 11.5. The van der Waals surface area contributed by atoms with Crippen LogP contribution in [0.15, 0.2) is 267 Å². The number of nitrogens with zero attached hydrogens (tertiary/aromatic N) is 2. The van der Waals surface area contributed by atoms with E-state index in [-0.39, 0.29) is 0 Å². The van der Waals surface area contributed by atoms with Crippen molar-refractivity contribution in [3.63, 3.8) is 0 Å². The van der Waals surface area contributed by atoms with E-state index >= 15 is 0 Å². The van der Waals surface area contributed by atoms with Gasteiger partial charge in [-0.3, -0.25) is 0 Å². The van der Waals surface area contributed by atoms with Crippen molar-refractivity contribution in [2.75, 3.05) is 0 Å². The van der Waals surface area contributed by atoms with E-state index in [1.54, 1.807) is 0 Å². The number of hydrogen-bond acceptors (Lipinski definition) is 0. The van der Waals surface area contributed by atoms with Crippen molar-refractivity contribution in [3.8, 4) is 78.1 Å². The van der Waals surface area contributed by atoms with Crippen molar-refractivity contribution < 1.29 is 0 Å². The highest BCUT2D eigenvalue weighted by Crippen LogP contribution is 2.39. The van der Waals surface area contributed by atoms with Crippen LogP contribution >= 0.6 is 0 Å². The predicted octanol–water partition coefficient (Wildman–Crippen LogP) is 17.9. The van der Waals surface area contributed by atoms with Gasteiger partial charge in [-0.2, -0.15) is 0 Å². The highest BCUT2D eigenvalue weighted by atomic mass is 15.0. The van der Waals surface area contributed by atoms with E-state index in [1.807, 2.05) is 0 Å². The Hall–Kier alpha value is -8.98. The van der Waals surface area contributed by atoms with Crippen LogP contribution in [0.2, 0.25) is 0 Å². The fourth-order valence-corrected chi connectivity index (χ4v) is 10.4. The summed E-state index contributed by atoms with van der Waals surface area (Å²) in [5.41, 5.74) is 21.6. The third-order valence-electron chi connectivity index (χ3n) is 13.7. The van der Waals surface area contributed by atoms with Crippen molar-refractivity contribution >= 4 is 43.6 Å². The van der Waals surface area contributed by atoms with Crippen molar-refractivity contribution in [2.45, 2.75) is 0 Å². The standard InChI is InChI=1S/C66H44N2/c1-3-14-45(15-4-1)50-18-11-20-52(40-50)53-21-12-19-51(41-53)49-30-28-47(29-31-49)48-32-36-57(37-33-48)67-63-26-9-7-24-59(63)61-43-55(34-38-65(61)67)56-35-39-66-62(44-56)60-25-8-10-27-64(60)68(66)58-23-13-22-54(42-58)46-16-5-2-6-17-46/h1-44H. The molecule has 0 atom stereocenters. The fourth-order valence-electron chi connectivity index (χ4n) is 10.4. The summed E-state index contributed by atoms with van der Waals surface area (Å²) >= 11 is 0. The average Bonchev–Trinajstić information content (AvgIpc) is 3.94. The second-order valence-corrected chi connectivity index (χ2v) is 17.7. The molecular formula is C66H44N2. The lowest BCUT2D eigenvalue weighted by atomic mass is 9.95. The van der Waals surface area contributed by atoms with Gasteiger partial charge in [0.05, 0.1) is 22.1 Å². The molecule has 0 radical (unpaired) electrons. The summed E-state index contributed by atoms with van der Waals surface area (Å²) in [4.78, 5) is 0. The van der Waals surface area contributed by atoms with Crippen LogP contribution in [0.3, 0.4) is 0 Å². The third kappa shape index (κ3) is 6.90. The molecule has 0 bridgehead atoms. The Morgan fingerprint density at radius 1 is 0.162 bits per heavy atom. The smallest absolute Gasteiger partial charge is 0.0541 e. The van der Waals surface area contributed by atoms with Gasteiger partial charge in [0.1, 0.15) is 0 Å². The maximum Gasteiger partial charge on any atom is 0.0541 e. The number of aromatic nitrogens is 2. The quantitative estimate of drug-likeness (QED) is 0.144. The molecule has 13 aromatic rings. The van der Waals surface area contributed by atoms with Gasteiger partial charge < -0.3 is 9.13 Å². The second kappa shape index (κ2) is 16.5. The van der Waals surface area contributed by atoms with E-state index in [2.05, 4.69) is 276 Å². The van der Waals surface area contributed by atoms with Crippen molar-refractivity contribution in [1.82, 2.24) is 9.13 Å². The first-order chi connectivity index (χ1) is 33.7. The van der Waals surface area contributed by atoms with Crippen LogP contribution in [0, 0.1) is 0 Å². The summed E-state index contributed by atoms with van der Waals surface area (Å²) in [6.45, 7) is 0. The summed E-state index contributed by atoms with van der Waals surface area (Å²) in [6.07, 6.45) is 0. The van der Waals surface area contributed by atoms with Crippen molar-refractivity contribution in [3.05, 3.63) is 267 Å². The van der Waals surface area contributed by atoms with Gasteiger partial charge in [-0.25, -0.2) is 0 Å². The van der Waals surface area contributed by atoms with Crippen molar-refractivity contribution in [2.24, 2.45) is 0 Å². The first-order valence-electron chi connectivity index (χ1n) is 23.4. The molecule has 11 aromatic carbocycles. The molecule has 0 spiro atoms. The van der Waals surface area contributed by atoms with Crippen LogP contribution in [0.4, 0.5) is 0 Å². The maximum absolute atomic E-state index is 2.41. The lowest BCUT2D eigenvalue weighted by molar-refractivity contribution is 1.18. The van der Waals surface area contributed by atoms with Gasteiger partial charge in [0, 0.05) is 32.9 Å². The first kappa shape index (κ1) is 39.4. The van der Waals surface area contributed by atoms with Gasteiger partial charge >= 0.3 is 0 Å². The number of rotatable bonds is 8. The summed E-state index contributed by atoms with van der Waals surface area (Å²) in [5, 5.41) is 4.98. The molecule has 13 rings (SSSR count). The summed E-state index contributed by atoms with van der Waals surface area (Å²) < 4.78 is 4.82. The first-order valence-corrected chi connectivity index (χ1v) is 23.4. The zero-order valence-electron chi connectivity index (χ0n) is 37.3. The van der Waals surface area contributed by atoms with Crippen molar-refractivity contribution in [1.29, 1.82) is 0 Å². The maximum atomic E-state index is 2.41. The molecule has 0 amide bonds. The zero-order chi connectivity index (χ0) is 45.0. The average molecular weight is 865 g/mol. The van der Waals surface area contributed by atoms with E-state index in [0.29, 0.717) is 0 Å². The zero-order valence-corrected chi connectivity index (χ0v) is 37.3. The summed E-state index contributed by atoms with van der Waals surface area (Å²) in [5.74, 6) is 0. The Bertz CT molecular complexity index is 3990. The van der Waals surface area contributed by atoms with E-state index in [4.69, 9.17) is 0 Å². The monoisotopic (exact) mass is 864 g/mol. The van der Waals surface area contributed by atoms with Gasteiger partial charge in [-0.1, -0.05) is 194 Å². The molecule has 0 saturated carbocycles. The Kier molecular flexibility index (Phi) is 9.54. The molecule has 2 heteroatoms. The minimum absolute atomic E-state index is 1.14. The van der Waals surface area contributed by atoms with E-state index in [1.165, 1.54) is 110 Å². The SMILES string of the molecule is c1ccc(-c2cccc(-c3cccc(-c4ccc(-c5ccc(-n6c7ccccc7c7cc(-c8ccc9c(c8)c8ccccc8n9-c8cccc(-c9ccccc9)c8)ccc76)cc5)cc4)c3)c2)cc1. The molecule has 0 aliphatic rings. The van der Waals surface area contributed by atoms with Crippen LogP contribution < -0.4 is 0 Å². The molecule has 0 aliphatic carbocycles. The molecule has 0 N–H and O–H groups in total. The molecule has 318 valence electrons. The molecule has 2 heterocycles. The topological polar surface area (TPSA) is 9.86 Å². The number of para-hydroxylation sites is 2. The highest BCUT2D eigenvalue weighted by molar-refractivity contribution is 6.12. The molecule has 0 unspecified atom stereocenters. The molecule has 0 aliphatic heterocycles. The fraction of sp³-hybridized carbons (Fsp3) is 0. The van der Waals surface area contributed by atoms with Crippen LogP contribution in [0.25, 0.3) is 122 Å². The molecular weight excluding hydrogens is 821 g/mol. The largest absolute Gasteiger partial charge is 0.309 e. The van der Waals surface area contributed by atoms with Crippen LogP contribution in [-0.4, -0.2) is 9.13 Å². The molecule has 2 aromatic heterocycles. The van der Waals surface area contributed by atoms with Gasteiger partial charge in [0.25, 0.3) is 0 Å². The lowest BCUT2D eigenvalue weighted by Gasteiger charge is -2.11. The van der Waals surface area contributed by atoms with Crippen LogP contribution in [-0.2, 0) is 0 Å². The summed E-state index contributed by atoms with van der Waals surface area (Å²) in [6, 6.07) is 97.3.